The molecule has 5 nitrogen and oxygen atoms in total. The molecule has 0 radical (unpaired) electrons. The summed E-state index contributed by atoms with van der Waals surface area (Å²) in [6, 6.07) is 9.33. The van der Waals surface area contributed by atoms with E-state index in [2.05, 4.69) is 36.3 Å². The molecule has 0 spiro atoms. The van der Waals surface area contributed by atoms with E-state index in [-0.39, 0.29) is 10.2 Å². The first-order valence-corrected chi connectivity index (χ1v) is 7.71. The number of benzene rings is 1. The van der Waals surface area contributed by atoms with Gasteiger partial charge in [-0.3, -0.25) is 0 Å². The highest BCUT2D eigenvalue weighted by Crippen LogP contribution is 2.32. The van der Waals surface area contributed by atoms with E-state index in [4.69, 9.17) is 4.42 Å². The molecule has 0 saturated carbocycles. The van der Waals surface area contributed by atoms with E-state index in [0.717, 1.165) is 22.3 Å². The number of rotatable bonds is 3. The summed E-state index contributed by atoms with van der Waals surface area (Å²) in [4.78, 5) is 0. The third-order valence-electron chi connectivity index (χ3n) is 2.63. The smallest absolute Gasteiger partial charge is 0.411 e. The molecule has 0 fully saturated rings. The minimum absolute atomic E-state index is 0.157. The van der Waals surface area contributed by atoms with Crippen molar-refractivity contribution in [3.63, 3.8) is 0 Å². The van der Waals surface area contributed by atoms with Gasteiger partial charge in [-0.1, -0.05) is 12.1 Å². The van der Waals surface area contributed by atoms with Crippen molar-refractivity contribution in [2.24, 2.45) is 0 Å². The lowest BCUT2D eigenvalue weighted by Crippen LogP contribution is -2.08. The highest BCUT2D eigenvalue weighted by atomic mass is 79.9. The Morgan fingerprint density at radius 3 is 2.39 bits per heavy atom. The number of nitrogens with zero attached hydrogens (tertiary/aromatic N) is 4. The average Bonchev–Trinajstić information content (AvgIpc) is 2.95. The largest absolute Gasteiger partial charge is 0.435 e. The van der Waals surface area contributed by atoms with Crippen molar-refractivity contribution >= 4 is 27.7 Å². The summed E-state index contributed by atoms with van der Waals surface area (Å²) in [7, 11) is 0. The normalized spacial score (nSPS) is 11.7. The Kier molecular flexibility index (Phi) is 4.35. The van der Waals surface area contributed by atoms with Gasteiger partial charge in [0, 0.05) is 4.47 Å². The zero-order valence-corrected chi connectivity index (χ0v) is 13.5. The van der Waals surface area contributed by atoms with Gasteiger partial charge in [0.25, 0.3) is 5.22 Å². The first kappa shape index (κ1) is 15.9. The quantitative estimate of drug-likeness (QED) is 0.644. The average molecular weight is 403 g/mol. The zero-order valence-electron chi connectivity index (χ0n) is 11.1. The fourth-order valence-corrected chi connectivity index (χ4v) is 2.66. The Hall–Kier alpha value is -1.94. The summed E-state index contributed by atoms with van der Waals surface area (Å²) < 4.78 is 43.5. The minimum Gasteiger partial charge on any atom is -0.411 e. The zero-order chi connectivity index (χ0) is 16.4. The number of halogens is 4. The van der Waals surface area contributed by atoms with Crippen LogP contribution in [-0.4, -0.2) is 20.4 Å². The van der Waals surface area contributed by atoms with Crippen LogP contribution >= 0.6 is 27.7 Å². The van der Waals surface area contributed by atoms with Crippen molar-refractivity contribution in [3.05, 3.63) is 46.6 Å². The number of hydrogen-bond donors (Lipinski definition) is 0. The van der Waals surface area contributed by atoms with Crippen LogP contribution in [0.2, 0.25) is 0 Å². The summed E-state index contributed by atoms with van der Waals surface area (Å²) in [5.74, 6) is 0.292. The number of alkyl halides is 3. The van der Waals surface area contributed by atoms with Crippen LogP contribution in [0.5, 0.6) is 0 Å². The molecule has 10 heteroatoms. The van der Waals surface area contributed by atoms with Crippen LogP contribution in [0.3, 0.4) is 0 Å². The van der Waals surface area contributed by atoms with E-state index in [9.17, 15) is 13.2 Å². The SMILES string of the molecule is FC(F)(F)c1ccc(Sc2nnc(-c3ccccc3Br)o2)nn1. The molecule has 0 aliphatic rings. The second-order valence-corrected chi connectivity index (χ2v) is 6.04. The van der Waals surface area contributed by atoms with Gasteiger partial charge in [-0.2, -0.15) is 13.2 Å². The van der Waals surface area contributed by atoms with Gasteiger partial charge in [0.05, 0.1) is 5.56 Å². The molecule has 0 aliphatic carbocycles. The van der Waals surface area contributed by atoms with Crippen LogP contribution in [0.1, 0.15) is 5.69 Å². The minimum atomic E-state index is -4.52. The highest BCUT2D eigenvalue weighted by Gasteiger charge is 2.32. The molecule has 1 aromatic carbocycles. The summed E-state index contributed by atoms with van der Waals surface area (Å²) in [5.41, 5.74) is -0.341. The summed E-state index contributed by atoms with van der Waals surface area (Å²) in [6.07, 6.45) is -4.52. The Morgan fingerprint density at radius 2 is 1.74 bits per heavy atom. The topological polar surface area (TPSA) is 64.7 Å². The first-order chi connectivity index (χ1) is 10.9. The Labute approximate surface area is 140 Å². The molecular formula is C13H6BrF3N4OS. The van der Waals surface area contributed by atoms with Crippen LogP contribution in [0.4, 0.5) is 13.2 Å². The summed E-state index contributed by atoms with van der Waals surface area (Å²) in [5, 5.41) is 14.7. The van der Waals surface area contributed by atoms with Crippen molar-refractivity contribution in [1.82, 2.24) is 20.4 Å². The number of hydrogen-bond acceptors (Lipinski definition) is 6. The molecule has 0 atom stereocenters. The van der Waals surface area contributed by atoms with E-state index < -0.39 is 11.9 Å². The molecule has 3 aromatic rings. The molecule has 0 bridgehead atoms. The molecule has 0 saturated heterocycles. The fourth-order valence-electron chi connectivity index (χ4n) is 1.61. The van der Waals surface area contributed by atoms with Crippen LogP contribution in [0.25, 0.3) is 11.5 Å². The molecule has 118 valence electrons. The molecule has 0 unspecified atom stereocenters. The maximum atomic E-state index is 12.4. The van der Waals surface area contributed by atoms with E-state index in [1.807, 2.05) is 18.2 Å². The van der Waals surface area contributed by atoms with Crippen LogP contribution in [-0.2, 0) is 6.18 Å². The van der Waals surface area contributed by atoms with Gasteiger partial charge in [-0.05, 0) is 52.0 Å². The van der Waals surface area contributed by atoms with Gasteiger partial charge in [-0.25, -0.2) is 0 Å². The molecule has 2 heterocycles. The molecule has 0 amide bonds. The van der Waals surface area contributed by atoms with Crippen LogP contribution in [0, 0.1) is 0 Å². The predicted octanol–water partition coefficient (Wildman–Crippen LogP) is 4.46. The molecule has 2 aromatic heterocycles. The van der Waals surface area contributed by atoms with Crippen LogP contribution in [0.15, 0.2) is 55.5 Å². The van der Waals surface area contributed by atoms with Crippen molar-refractivity contribution in [2.75, 3.05) is 0 Å². The van der Waals surface area contributed by atoms with Gasteiger partial charge in [0.2, 0.25) is 5.89 Å². The molecular weight excluding hydrogens is 397 g/mol. The molecule has 0 N–H and O–H groups in total. The monoisotopic (exact) mass is 402 g/mol. The Bertz CT molecular complexity index is 823. The van der Waals surface area contributed by atoms with Gasteiger partial charge >= 0.3 is 6.18 Å². The lowest BCUT2D eigenvalue weighted by molar-refractivity contribution is -0.141. The second-order valence-electron chi connectivity index (χ2n) is 4.21. The van der Waals surface area contributed by atoms with Gasteiger partial charge in [0.15, 0.2) is 5.69 Å². The van der Waals surface area contributed by atoms with Gasteiger partial charge in [0.1, 0.15) is 5.03 Å². The lowest BCUT2D eigenvalue weighted by atomic mass is 10.2. The third kappa shape index (κ3) is 3.70. The standard InChI is InChI=1S/C13H6BrF3N4OS/c14-8-4-2-1-3-7(8)11-20-21-12(22-11)23-10-6-5-9(18-19-10)13(15,16)17/h1-6H. The molecule has 23 heavy (non-hydrogen) atoms. The summed E-state index contributed by atoms with van der Waals surface area (Å²) >= 11 is 4.30. The van der Waals surface area contributed by atoms with Crippen molar-refractivity contribution in [1.29, 1.82) is 0 Å². The lowest BCUT2D eigenvalue weighted by Gasteiger charge is -2.03. The highest BCUT2D eigenvalue weighted by molar-refractivity contribution is 9.10. The summed E-state index contributed by atoms with van der Waals surface area (Å²) in [6.45, 7) is 0. The van der Waals surface area contributed by atoms with Gasteiger partial charge < -0.3 is 4.42 Å². The Morgan fingerprint density at radius 1 is 0.957 bits per heavy atom. The van der Waals surface area contributed by atoms with E-state index in [0.29, 0.717) is 11.5 Å². The van der Waals surface area contributed by atoms with Crippen molar-refractivity contribution in [3.8, 4) is 11.5 Å². The maximum Gasteiger partial charge on any atom is 0.435 e. The molecule has 3 rings (SSSR count). The maximum absolute atomic E-state index is 12.4. The van der Waals surface area contributed by atoms with Crippen molar-refractivity contribution < 1.29 is 17.6 Å². The van der Waals surface area contributed by atoms with E-state index in [1.165, 1.54) is 6.07 Å². The van der Waals surface area contributed by atoms with Crippen LogP contribution < -0.4 is 0 Å². The van der Waals surface area contributed by atoms with Gasteiger partial charge in [-0.15, -0.1) is 20.4 Å². The van der Waals surface area contributed by atoms with E-state index >= 15 is 0 Å². The number of aromatic nitrogens is 4. The van der Waals surface area contributed by atoms with E-state index in [1.54, 1.807) is 6.07 Å². The van der Waals surface area contributed by atoms with Crippen molar-refractivity contribution in [2.45, 2.75) is 16.4 Å². The fraction of sp³-hybridized carbons (Fsp3) is 0.0769. The third-order valence-corrected chi connectivity index (χ3v) is 4.09. The second kappa shape index (κ2) is 6.28. The molecule has 0 aliphatic heterocycles. The predicted molar refractivity (Wildman–Crippen MR) is 78.6 cm³/mol. The Balaban J connectivity index is 1.78. The first-order valence-electron chi connectivity index (χ1n) is 6.10.